The first-order chi connectivity index (χ1) is 9.13. The maximum atomic E-state index is 4.65. The summed E-state index contributed by atoms with van der Waals surface area (Å²) in [5.74, 6) is 0.725. The lowest BCUT2D eigenvalue weighted by atomic mass is 9.97. The van der Waals surface area contributed by atoms with Crippen molar-refractivity contribution in [3.63, 3.8) is 0 Å². The van der Waals surface area contributed by atoms with E-state index >= 15 is 0 Å². The molecule has 0 aliphatic carbocycles. The van der Waals surface area contributed by atoms with Crippen molar-refractivity contribution >= 4 is 11.3 Å². The highest BCUT2D eigenvalue weighted by molar-refractivity contribution is 7.09. The summed E-state index contributed by atoms with van der Waals surface area (Å²) < 4.78 is 0. The van der Waals surface area contributed by atoms with Gasteiger partial charge in [0.1, 0.15) is 5.01 Å². The van der Waals surface area contributed by atoms with Crippen molar-refractivity contribution in [3.05, 3.63) is 16.1 Å². The Labute approximate surface area is 120 Å². The number of nitrogens with zero attached hydrogens (tertiary/aromatic N) is 3. The Bertz CT molecular complexity index is 429. The molecule has 4 heteroatoms. The third-order valence-electron chi connectivity index (χ3n) is 4.61. The third kappa shape index (κ3) is 2.86. The van der Waals surface area contributed by atoms with Crippen molar-refractivity contribution in [2.24, 2.45) is 5.92 Å². The second-order valence-electron chi connectivity index (χ2n) is 6.41. The average Bonchev–Trinajstić information content (AvgIpc) is 2.96. The highest BCUT2D eigenvalue weighted by Crippen LogP contribution is 2.29. The summed E-state index contributed by atoms with van der Waals surface area (Å²) >= 11 is 1.82. The van der Waals surface area contributed by atoms with Crippen LogP contribution in [0.1, 0.15) is 37.4 Å². The first-order valence-corrected chi connectivity index (χ1v) is 8.40. The fourth-order valence-electron chi connectivity index (χ4n) is 3.57. The summed E-state index contributed by atoms with van der Waals surface area (Å²) in [6, 6.07) is 1.50. The predicted molar refractivity (Wildman–Crippen MR) is 80.5 cm³/mol. The molecular weight excluding hydrogens is 254 g/mol. The molecule has 0 bridgehead atoms. The van der Waals surface area contributed by atoms with Crippen LogP contribution < -0.4 is 0 Å². The van der Waals surface area contributed by atoms with Crippen molar-refractivity contribution in [3.8, 4) is 0 Å². The summed E-state index contributed by atoms with van der Waals surface area (Å²) in [5, 5.41) is 3.46. The summed E-state index contributed by atoms with van der Waals surface area (Å²) in [6.07, 6.45) is 2.78. The van der Waals surface area contributed by atoms with E-state index in [1.165, 1.54) is 43.2 Å². The summed E-state index contributed by atoms with van der Waals surface area (Å²) in [5.41, 5.74) is 1.17. The van der Waals surface area contributed by atoms with E-state index in [0.717, 1.165) is 18.5 Å². The first kappa shape index (κ1) is 13.5. The number of aryl methyl sites for hydroxylation is 1. The molecule has 0 amide bonds. The Kier molecular flexibility index (Phi) is 3.92. The monoisotopic (exact) mass is 279 g/mol. The van der Waals surface area contributed by atoms with E-state index in [9.17, 15) is 0 Å². The number of hydrogen-bond acceptors (Lipinski definition) is 4. The van der Waals surface area contributed by atoms with E-state index in [0.29, 0.717) is 6.04 Å². The molecule has 3 rings (SSSR count). The SMILES string of the molecule is Cc1csc(CN2CC3CCCN3CC2C(C)C)n1. The molecule has 19 heavy (non-hydrogen) atoms. The lowest BCUT2D eigenvalue weighted by Crippen LogP contribution is -2.57. The zero-order valence-corrected chi connectivity index (χ0v) is 13.1. The average molecular weight is 279 g/mol. The van der Waals surface area contributed by atoms with Crippen LogP contribution >= 0.6 is 11.3 Å². The maximum absolute atomic E-state index is 4.65. The van der Waals surface area contributed by atoms with Gasteiger partial charge in [-0.15, -0.1) is 11.3 Å². The number of hydrogen-bond donors (Lipinski definition) is 0. The van der Waals surface area contributed by atoms with Crippen molar-refractivity contribution < 1.29 is 0 Å². The molecule has 1 aromatic heterocycles. The van der Waals surface area contributed by atoms with E-state index in [2.05, 4.69) is 40.9 Å². The van der Waals surface area contributed by atoms with E-state index in [-0.39, 0.29) is 0 Å². The van der Waals surface area contributed by atoms with Gasteiger partial charge in [-0.25, -0.2) is 4.98 Å². The van der Waals surface area contributed by atoms with Gasteiger partial charge in [0.15, 0.2) is 0 Å². The molecule has 3 nitrogen and oxygen atoms in total. The van der Waals surface area contributed by atoms with Gasteiger partial charge < -0.3 is 0 Å². The molecule has 2 saturated heterocycles. The van der Waals surface area contributed by atoms with Crippen LogP contribution in [0, 0.1) is 12.8 Å². The summed E-state index contributed by atoms with van der Waals surface area (Å²) in [6.45, 7) is 11.7. The van der Waals surface area contributed by atoms with Crippen LogP contribution in [0.4, 0.5) is 0 Å². The molecule has 2 fully saturated rings. The molecule has 2 atom stereocenters. The topological polar surface area (TPSA) is 19.4 Å². The number of rotatable bonds is 3. The van der Waals surface area contributed by atoms with Crippen LogP contribution in [-0.2, 0) is 6.54 Å². The van der Waals surface area contributed by atoms with Gasteiger partial charge in [-0.3, -0.25) is 9.80 Å². The van der Waals surface area contributed by atoms with Crippen LogP contribution in [0.25, 0.3) is 0 Å². The highest BCUT2D eigenvalue weighted by atomic mass is 32.1. The van der Waals surface area contributed by atoms with Crippen molar-refractivity contribution in [2.75, 3.05) is 19.6 Å². The Hall–Kier alpha value is -0.450. The Morgan fingerprint density at radius 3 is 2.95 bits per heavy atom. The standard InChI is InChI=1S/C15H25N3S/c1-11(2)14-8-17-6-4-5-13(17)7-18(14)9-15-16-12(3)10-19-15/h10-11,13-14H,4-9H2,1-3H3. The minimum Gasteiger partial charge on any atom is -0.298 e. The van der Waals surface area contributed by atoms with Gasteiger partial charge in [0.2, 0.25) is 0 Å². The predicted octanol–water partition coefficient (Wildman–Crippen LogP) is 2.76. The van der Waals surface area contributed by atoms with Gasteiger partial charge in [0.25, 0.3) is 0 Å². The van der Waals surface area contributed by atoms with Gasteiger partial charge in [0, 0.05) is 36.2 Å². The molecule has 1 aromatic rings. The second-order valence-corrected chi connectivity index (χ2v) is 7.36. The molecule has 106 valence electrons. The molecule has 2 aliphatic heterocycles. The zero-order valence-electron chi connectivity index (χ0n) is 12.3. The number of aromatic nitrogens is 1. The molecule has 2 aliphatic rings. The van der Waals surface area contributed by atoms with Crippen LogP contribution in [0.3, 0.4) is 0 Å². The lowest BCUT2D eigenvalue weighted by Gasteiger charge is -2.45. The van der Waals surface area contributed by atoms with Crippen LogP contribution in [0.5, 0.6) is 0 Å². The normalized spacial score (nSPS) is 29.1. The second kappa shape index (κ2) is 5.51. The van der Waals surface area contributed by atoms with Gasteiger partial charge in [0.05, 0.1) is 6.54 Å². The molecule has 0 spiro atoms. The first-order valence-electron chi connectivity index (χ1n) is 7.52. The fourth-order valence-corrected chi connectivity index (χ4v) is 4.36. The summed E-state index contributed by atoms with van der Waals surface area (Å²) in [4.78, 5) is 10.1. The molecule has 3 heterocycles. The van der Waals surface area contributed by atoms with E-state index < -0.39 is 0 Å². The quantitative estimate of drug-likeness (QED) is 0.848. The number of piperazine rings is 1. The zero-order chi connectivity index (χ0) is 13.4. The number of fused-ring (bicyclic) bond motifs is 1. The van der Waals surface area contributed by atoms with Gasteiger partial charge in [-0.1, -0.05) is 13.8 Å². The lowest BCUT2D eigenvalue weighted by molar-refractivity contribution is 0.0239. The number of thiazole rings is 1. The van der Waals surface area contributed by atoms with Gasteiger partial charge in [-0.05, 0) is 32.2 Å². The van der Waals surface area contributed by atoms with E-state index in [1.807, 2.05) is 11.3 Å². The van der Waals surface area contributed by atoms with Crippen molar-refractivity contribution in [1.82, 2.24) is 14.8 Å². The summed E-state index contributed by atoms with van der Waals surface area (Å²) in [7, 11) is 0. The molecule has 0 radical (unpaired) electrons. The van der Waals surface area contributed by atoms with E-state index in [4.69, 9.17) is 0 Å². The fraction of sp³-hybridized carbons (Fsp3) is 0.800. The van der Waals surface area contributed by atoms with Gasteiger partial charge >= 0.3 is 0 Å². The Morgan fingerprint density at radius 2 is 2.26 bits per heavy atom. The largest absolute Gasteiger partial charge is 0.298 e. The molecular formula is C15H25N3S. The molecule has 2 unspecified atom stereocenters. The minimum absolute atomic E-state index is 0.693. The van der Waals surface area contributed by atoms with Gasteiger partial charge in [-0.2, -0.15) is 0 Å². The Balaban J connectivity index is 1.73. The third-order valence-corrected chi connectivity index (χ3v) is 5.56. The van der Waals surface area contributed by atoms with Crippen LogP contribution in [0.2, 0.25) is 0 Å². The Morgan fingerprint density at radius 1 is 1.42 bits per heavy atom. The van der Waals surface area contributed by atoms with E-state index in [1.54, 1.807) is 0 Å². The highest BCUT2D eigenvalue weighted by Gasteiger charge is 2.37. The maximum Gasteiger partial charge on any atom is 0.107 e. The van der Waals surface area contributed by atoms with Crippen molar-refractivity contribution in [2.45, 2.75) is 52.2 Å². The van der Waals surface area contributed by atoms with Crippen LogP contribution in [-0.4, -0.2) is 46.5 Å². The molecule has 0 saturated carbocycles. The molecule has 0 N–H and O–H groups in total. The smallest absolute Gasteiger partial charge is 0.107 e. The minimum atomic E-state index is 0.693. The van der Waals surface area contributed by atoms with Crippen LogP contribution in [0.15, 0.2) is 5.38 Å². The molecule has 0 aromatic carbocycles. The van der Waals surface area contributed by atoms with Crippen molar-refractivity contribution in [1.29, 1.82) is 0 Å².